The Bertz CT molecular complexity index is 574. The summed E-state index contributed by atoms with van der Waals surface area (Å²) in [5.41, 5.74) is 6.43. The third-order valence-corrected chi connectivity index (χ3v) is 3.78. The van der Waals surface area contributed by atoms with Gasteiger partial charge in [0.1, 0.15) is 11.6 Å². The number of anilines is 2. The van der Waals surface area contributed by atoms with E-state index in [0.29, 0.717) is 6.54 Å². The number of nitrogens with zero attached hydrogens (tertiary/aromatic N) is 3. The predicted molar refractivity (Wildman–Crippen MR) is 85.7 cm³/mol. The molecule has 2 N–H and O–H groups in total. The van der Waals surface area contributed by atoms with Gasteiger partial charge in [-0.05, 0) is 37.2 Å². The topological polar surface area (TPSA) is 55.0 Å². The number of rotatable bonds is 5. The molecule has 0 aliphatic carbocycles. The van der Waals surface area contributed by atoms with Crippen molar-refractivity contribution in [3.8, 4) is 0 Å². The van der Waals surface area contributed by atoms with Gasteiger partial charge in [0, 0.05) is 29.2 Å². The summed E-state index contributed by atoms with van der Waals surface area (Å²) in [6, 6.07) is 6.42. The monoisotopic (exact) mass is 308 g/mol. The summed E-state index contributed by atoms with van der Waals surface area (Å²) in [5, 5.41) is 0.819. The van der Waals surface area contributed by atoms with Crippen LogP contribution in [0.5, 0.6) is 0 Å². The van der Waals surface area contributed by atoms with Crippen LogP contribution in [0.15, 0.2) is 24.3 Å². The molecule has 0 aliphatic heterocycles. The van der Waals surface area contributed by atoms with Crippen LogP contribution in [0.2, 0.25) is 0 Å². The third kappa shape index (κ3) is 3.98. The Morgan fingerprint density at radius 2 is 1.90 bits per heavy atom. The maximum atomic E-state index is 13.1. The average molecular weight is 308 g/mol. The molecule has 0 atom stereocenters. The van der Waals surface area contributed by atoms with Crippen LogP contribution in [0.25, 0.3) is 0 Å². The fourth-order valence-electron chi connectivity index (χ4n) is 1.84. The number of aromatic nitrogens is 2. The van der Waals surface area contributed by atoms with Crippen molar-refractivity contribution in [3.05, 3.63) is 35.9 Å². The Hall–Kier alpha value is -1.53. The van der Waals surface area contributed by atoms with Crippen molar-refractivity contribution in [1.29, 1.82) is 0 Å². The van der Waals surface area contributed by atoms with Gasteiger partial charge in [-0.15, -0.1) is 0 Å². The molecule has 4 nitrogen and oxygen atoms in total. The van der Waals surface area contributed by atoms with E-state index in [1.54, 1.807) is 12.1 Å². The summed E-state index contributed by atoms with van der Waals surface area (Å²) in [7, 11) is 0. The fourth-order valence-corrected chi connectivity index (χ4v) is 2.74. The van der Waals surface area contributed by atoms with E-state index in [4.69, 9.17) is 5.73 Å². The summed E-state index contributed by atoms with van der Waals surface area (Å²) in [6.07, 6.45) is 0.835. The van der Waals surface area contributed by atoms with Crippen LogP contribution in [-0.2, 0) is 5.41 Å². The summed E-state index contributed by atoms with van der Waals surface area (Å²) >= 11 is 1.36. The lowest BCUT2D eigenvalue weighted by atomic mass is 9.96. The van der Waals surface area contributed by atoms with Gasteiger partial charge in [-0.2, -0.15) is 4.37 Å². The first-order valence-corrected chi connectivity index (χ1v) is 7.76. The molecule has 1 aromatic carbocycles. The van der Waals surface area contributed by atoms with Crippen molar-refractivity contribution in [2.24, 2.45) is 5.73 Å². The third-order valence-electron chi connectivity index (χ3n) is 3.04. The SMILES string of the molecule is CC(C)(C)c1nsc(N(CCCN)c2ccc(F)cc2)n1. The van der Waals surface area contributed by atoms with E-state index >= 15 is 0 Å². The molecule has 0 saturated heterocycles. The van der Waals surface area contributed by atoms with Crippen molar-refractivity contribution in [3.63, 3.8) is 0 Å². The van der Waals surface area contributed by atoms with Crippen LogP contribution in [0.3, 0.4) is 0 Å². The Balaban J connectivity index is 2.31. The standard InChI is InChI=1S/C15H21FN4S/c1-15(2,3)13-18-14(21-19-13)20(10-4-9-17)12-7-5-11(16)6-8-12/h5-8H,4,9-10,17H2,1-3H3. The number of benzene rings is 1. The molecule has 0 bridgehead atoms. The van der Waals surface area contributed by atoms with Crippen LogP contribution in [-0.4, -0.2) is 22.4 Å². The Labute approximate surface area is 129 Å². The number of nitrogens with two attached hydrogens (primary N) is 1. The van der Waals surface area contributed by atoms with Crippen molar-refractivity contribution in [1.82, 2.24) is 9.36 Å². The smallest absolute Gasteiger partial charge is 0.209 e. The van der Waals surface area contributed by atoms with Crippen molar-refractivity contribution < 1.29 is 4.39 Å². The van der Waals surface area contributed by atoms with E-state index in [-0.39, 0.29) is 11.2 Å². The lowest BCUT2D eigenvalue weighted by molar-refractivity contribution is 0.554. The Morgan fingerprint density at radius 3 is 2.43 bits per heavy atom. The van der Waals surface area contributed by atoms with Gasteiger partial charge in [0.05, 0.1) is 0 Å². The second kappa shape index (κ2) is 6.49. The largest absolute Gasteiger partial charge is 0.330 e. The number of hydrogen-bond acceptors (Lipinski definition) is 5. The molecule has 21 heavy (non-hydrogen) atoms. The highest BCUT2D eigenvalue weighted by atomic mass is 32.1. The molecule has 114 valence electrons. The molecular formula is C15H21FN4S. The van der Waals surface area contributed by atoms with Gasteiger partial charge in [-0.25, -0.2) is 9.37 Å². The summed E-state index contributed by atoms with van der Waals surface area (Å²) < 4.78 is 17.5. The quantitative estimate of drug-likeness (QED) is 0.919. The summed E-state index contributed by atoms with van der Waals surface area (Å²) in [6.45, 7) is 7.59. The molecule has 0 unspecified atom stereocenters. The van der Waals surface area contributed by atoms with Gasteiger partial charge >= 0.3 is 0 Å². The zero-order chi connectivity index (χ0) is 15.5. The van der Waals surface area contributed by atoms with Crippen LogP contribution in [0, 0.1) is 5.82 Å². The Kier molecular flexibility index (Phi) is 4.90. The normalized spacial score (nSPS) is 11.7. The van der Waals surface area contributed by atoms with E-state index in [0.717, 1.165) is 29.6 Å². The molecule has 2 rings (SSSR count). The zero-order valence-corrected chi connectivity index (χ0v) is 13.5. The van der Waals surface area contributed by atoms with E-state index < -0.39 is 0 Å². The molecule has 1 heterocycles. The van der Waals surface area contributed by atoms with Gasteiger partial charge in [-0.1, -0.05) is 20.8 Å². The molecule has 0 aliphatic rings. The summed E-state index contributed by atoms with van der Waals surface area (Å²) in [4.78, 5) is 6.67. The van der Waals surface area contributed by atoms with Crippen molar-refractivity contribution >= 4 is 22.4 Å². The maximum absolute atomic E-state index is 13.1. The van der Waals surface area contributed by atoms with Gasteiger partial charge in [-0.3, -0.25) is 0 Å². The zero-order valence-electron chi connectivity index (χ0n) is 12.6. The number of halogens is 1. The van der Waals surface area contributed by atoms with Crippen LogP contribution in [0.4, 0.5) is 15.2 Å². The first-order chi connectivity index (χ1) is 9.91. The van der Waals surface area contributed by atoms with Crippen LogP contribution >= 0.6 is 11.5 Å². The van der Waals surface area contributed by atoms with E-state index in [1.807, 2.05) is 4.90 Å². The molecule has 1 aromatic heterocycles. The van der Waals surface area contributed by atoms with E-state index in [9.17, 15) is 4.39 Å². The highest BCUT2D eigenvalue weighted by Gasteiger charge is 2.22. The van der Waals surface area contributed by atoms with Crippen molar-refractivity contribution in [2.75, 3.05) is 18.0 Å². The minimum Gasteiger partial charge on any atom is -0.330 e. The van der Waals surface area contributed by atoms with Gasteiger partial charge in [0.25, 0.3) is 0 Å². The molecule has 0 radical (unpaired) electrons. The molecule has 0 spiro atoms. The van der Waals surface area contributed by atoms with Gasteiger partial charge < -0.3 is 10.6 Å². The minimum atomic E-state index is -0.245. The number of hydrogen-bond donors (Lipinski definition) is 1. The second-order valence-corrected chi connectivity index (χ2v) is 6.65. The van der Waals surface area contributed by atoms with Gasteiger partial charge in [0.15, 0.2) is 0 Å². The van der Waals surface area contributed by atoms with E-state index in [1.165, 1.54) is 23.7 Å². The van der Waals surface area contributed by atoms with E-state index in [2.05, 4.69) is 30.1 Å². The van der Waals surface area contributed by atoms with Crippen LogP contribution < -0.4 is 10.6 Å². The Morgan fingerprint density at radius 1 is 1.24 bits per heavy atom. The predicted octanol–water partition coefficient (Wildman–Crippen LogP) is 3.46. The minimum absolute atomic E-state index is 0.0862. The molecule has 2 aromatic rings. The first-order valence-electron chi connectivity index (χ1n) is 6.99. The molecule has 0 fully saturated rings. The molecule has 0 amide bonds. The second-order valence-electron chi connectivity index (χ2n) is 5.92. The first kappa shape index (κ1) is 15.9. The lowest BCUT2D eigenvalue weighted by Crippen LogP contribution is -2.21. The fraction of sp³-hybridized carbons (Fsp3) is 0.467. The average Bonchev–Trinajstić information content (AvgIpc) is 2.91. The van der Waals surface area contributed by atoms with Gasteiger partial charge in [0.2, 0.25) is 5.13 Å². The lowest BCUT2D eigenvalue weighted by Gasteiger charge is -2.21. The molecular weight excluding hydrogens is 287 g/mol. The maximum Gasteiger partial charge on any atom is 0.209 e. The van der Waals surface area contributed by atoms with Crippen LogP contribution in [0.1, 0.15) is 33.0 Å². The highest BCUT2D eigenvalue weighted by Crippen LogP contribution is 2.30. The highest BCUT2D eigenvalue weighted by molar-refractivity contribution is 7.09. The molecule has 6 heteroatoms. The molecule has 0 saturated carbocycles. The van der Waals surface area contributed by atoms with Crippen molar-refractivity contribution in [2.45, 2.75) is 32.6 Å². The summed E-state index contributed by atoms with van der Waals surface area (Å²) in [5.74, 6) is 0.576.